The molecule has 0 saturated carbocycles. The number of nitrogens with one attached hydrogen (secondary N) is 2. The topological polar surface area (TPSA) is 124 Å². The zero-order valence-corrected chi connectivity index (χ0v) is 28.7. The molecule has 1 heterocycles. The molecule has 9 heteroatoms. The predicted molar refractivity (Wildman–Crippen MR) is 200 cm³/mol. The van der Waals surface area contributed by atoms with Crippen LogP contribution in [-0.4, -0.2) is 52.7 Å². The quantitative estimate of drug-likeness (QED) is 0.0884. The fourth-order valence-electron chi connectivity index (χ4n) is 6.22. The molecule has 0 radical (unpaired) electrons. The number of aliphatic hydroxyl groups is 1. The van der Waals surface area contributed by atoms with Crippen molar-refractivity contribution in [1.29, 1.82) is 0 Å². The molecule has 4 aromatic carbocycles. The second kappa shape index (κ2) is 16.8. The first-order chi connectivity index (χ1) is 24.9. The number of aromatic amines is 1. The minimum atomic E-state index is -0.867. The molecule has 0 bridgehead atoms. The summed E-state index contributed by atoms with van der Waals surface area (Å²) in [5.74, 6) is 1.43. The van der Waals surface area contributed by atoms with Gasteiger partial charge in [0.2, 0.25) is 5.56 Å². The molecule has 51 heavy (non-hydrogen) atoms. The molecular weight excluding hydrogens is 642 g/mol. The Kier molecular flexibility index (Phi) is 11.6. The Morgan fingerprint density at radius 2 is 1.76 bits per heavy atom. The number of phenols is 1. The van der Waals surface area contributed by atoms with Gasteiger partial charge in [0.25, 0.3) is 5.91 Å². The Hall–Kier alpha value is -5.64. The third kappa shape index (κ3) is 9.13. The number of hydrogen-bond donors (Lipinski definition) is 4. The van der Waals surface area contributed by atoms with E-state index < -0.39 is 6.10 Å². The number of benzene rings is 4. The number of aliphatic hydroxyl groups excluding tert-OH is 1. The Bertz CT molecular complexity index is 2070. The van der Waals surface area contributed by atoms with Crippen LogP contribution in [0.3, 0.4) is 0 Å². The van der Waals surface area contributed by atoms with E-state index in [1.807, 2.05) is 65.6 Å². The van der Waals surface area contributed by atoms with E-state index in [0.29, 0.717) is 54.7 Å². The standard InChI is InChI=1S/C42H43N3O6/c1-50-34-17-13-29(14-18-34)27-45(24-6-23-43-26-39(47)36-19-21-38(46)41-37(36)20-22-40(48)44-41)42(49)32-15-11-30(12-16-32)28-51-35-10-5-9-33(25-35)31-7-3-2-4-8-31/h2-3,5,7,9-22,25,39,43,46-47H,4,6,8,23-24,26-28H2,1H3,(H,44,48)/t39-/m0/s1. The third-order valence-electron chi connectivity index (χ3n) is 9.03. The number of H-pyrrole nitrogens is 1. The maximum Gasteiger partial charge on any atom is 0.254 e. The number of methoxy groups -OCH3 is 1. The van der Waals surface area contributed by atoms with Crippen molar-refractivity contribution >= 4 is 22.4 Å². The normalized spacial score (nSPS) is 13.1. The fraction of sp³-hybridized carbons (Fsp3) is 0.238. The summed E-state index contributed by atoms with van der Waals surface area (Å²) in [7, 11) is 1.62. The zero-order valence-electron chi connectivity index (χ0n) is 28.7. The van der Waals surface area contributed by atoms with Crippen LogP contribution < -0.4 is 20.3 Å². The first-order valence-electron chi connectivity index (χ1n) is 17.2. The summed E-state index contributed by atoms with van der Waals surface area (Å²) in [4.78, 5) is 30.1. The van der Waals surface area contributed by atoms with Crippen LogP contribution in [0.15, 0.2) is 120 Å². The van der Waals surface area contributed by atoms with Crippen molar-refractivity contribution in [2.75, 3.05) is 26.7 Å². The number of phenolic OH excluding ortho intramolecular Hbond substituents is 1. The van der Waals surface area contributed by atoms with Crippen molar-refractivity contribution in [3.63, 3.8) is 0 Å². The van der Waals surface area contributed by atoms with E-state index in [9.17, 15) is 19.8 Å². The number of allylic oxidation sites excluding steroid dienone is 4. The molecule has 9 nitrogen and oxygen atoms in total. The van der Waals surface area contributed by atoms with Gasteiger partial charge in [0.1, 0.15) is 23.9 Å². The van der Waals surface area contributed by atoms with Gasteiger partial charge in [0.15, 0.2) is 0 Å². The van der Waals surface area contributed by atoms with E-state index in [4.69, 9.17) is 9.47 Å². The zero-order chi connectivity index (χ0) is 35.6. The summed E-state index contributed by atoms with van der Waals surface area (Å²) >= 11 is 0. The SMILES string of the molecule is COc1ccc(CN(CCCNC[C@H](O)c2ccc(O)c3[nH]c(=O)ccc23)C(=O)c2ccc(COc3cccc(C4=CC=CCC4)c3)cc2)cc1. The number of fused-ring (bicyclic) bond motifs is 1. The molecule has 1 aliphatic carbocycles. The summed E-state index contributed by atoms with van der Waals surface area (Å²) < 4.78 is 11.4. The highest BCUT2D eigenvalue weighted by Gasteiger charge is 2.18. The van der Waals surface area contributed by atoms with Gasteiger partial charge in [-0.3, -0.25) is 9.59 Å². The monoisotopic (exact) mass is 685 g/mol. The Labute approximate surface area is 297 Å². The van der Waals surface area contributed by atoms with E-state index in [1.165, 1.54) is 23.3 Å². The summed E-state index contributed by atoms with van der Waals surface area (Å²) in [6.07, 6.45) is 8.29. The number of aromatic hydroxyl groups is 1. The van der Waals surface area contributed by atoms with Crippen molar-refractivity contribution in [2.45, 2.75) is 38.5 Å². The van der Waals surface area contributed by atoms with Crippen molar-refractivity contribution in [1.82, 2.24) is 15.2 Å². The van der Waals surface area contributed by atoms with Crippen LogP contribution in [0.5, 0.6) is 17.2 Å². The minimum Gasteiger partial charge on any atom is -0.506 e. The van der Waals surface area contributed by atoms with Gasteiger partial charge < -0.3 is 34.9 Å². The average Bonchev–Trinajstić information content (AvgIpc) is 3.17. The molecular formula is C42H43N3O6. The lowest BCUT2D eigenvalue weighted by atomic mass is 9.97. The smallest absolute Gasteiger partial charge is 0.254 e. The van der Waals surface area contributed by atoms with Gasteiger partial charge in [-0.2, -0.15) is 0 Å². The molecule has 1 atom stereocenters. The molecule has 6 rings (SSSR count). The molecule has 0 unspecified atom stereocenters. The van der Waals surface area contributed by atoms with Crippen LogP contribution in [0.4, 0.5) is 0 Å². The molecule has 1 aromatic heterocycles. The van der Waals surface area contributed by atoms with Gasteiger partial charge in [0.05, 0.1) is 18.7 Å². The molecule has 0 saturated heterocycles. The number of carbonyl (C=O) groups is 1. The number of aromatic nitrogens is 1. The number of amides is 1. The minimum absolute atomic E-state index is 0.0528. The first kappa shape index (κ1) is 35.2. The van der Waals surface area contributed by atoms with Gasteiger partial charge in [-0.15, -0.1) is 0 Å². The molecule has 0 fully saturated rings. The first-order valence-corrected chi connectivity index (χ1v) is 17.2. The molecule has 262 valence electrons. The van der Waals surface area contributed by atoms with Crippen LogP contribution >= 0.6 is 0 Å². The molecule has 1 amide bonds. The van der Waals surface area contributed by atoms with Gasteiger partial charge in [-0.05, 0) is 102 Å². The van der Waals surface area contributed by atoms with Gasteiger partial charge in [-0.25, -0.2) is 0 Å². The Morgan fingerprint density at radius 1 is 0.961 bits per heavy atom. The van der Waals surface area contributed by atoms with E-state index >= 15 is 0 Å². The van der Waals surface area contributed by atoms with E-state index in [2.05, 4.69) is 40.7 Å². The number of rotatable bonds is 15. The number of nitrogens with zero attached hydrogens (tertiary/aromatic N) is 1. The number of carbonyl (C=O) groups excluding carboxylic acids is 1. The summed E-state index contributed by atoms with van der Waals surface area (Å²) in [5.41, 5.74) is 5.58. The maximum atomic E-state index is 13.8. The van der Waals surface area contributed by atoms with E-state index in [-0.39, 0.29) is 23.8 Å². The van der Waals surface area contributed by atoms with Crippen LogP contribution in [0, 0.1) is 0 Å². The van der Waals surface area contributed by atoms with Crippen molar-refractivity contribution < 1.29 is 24.5 Å². The number of pyridine rings is 1. The van der Waals surface area contributed by atoms with Crippen molar-refractivity contribution in [2.24, 2.45) is 0 Å². The van der Waals surface area contributed by atoms with Gasteiger partial charge >= 0.3 is 0 Å². The largest absolute Gasteiger partial charge is 0.506 e. The lowest BCUT2D eigenvalue weighted by molar-refractivity contribution is 0.0740. The Morgan fingerprint density at radius 3 is 2.53 bits per heavy atom. The average molecular weight is 686 g/mol. The predicted octanol–water partition coefficient (Wildman–Crippen LogP) is 6.91. The van der Waals surface area contributed by atoms with Gasteiger partial charge in [-0.1, -0.05) is 60.7 Å². The van der Waals surface area contributed by atoms with E-state index in [0.717, 1.165) is 35.5 Å². The van der Waals surface area contributed by atoms with E-state index in [1.54, 1.807) is 19.2 Å². The molecule has 0 spiro atoms. The molecule has 1 aliphatic rings. The van der Waals surface area contributed by atoms with Crippen LogP contribution in [0.1, 0.15) is 58.0 Å². The van der Waals surface area contributed by atoms with Crippen molar-refractivity contribution in [3.8, 4) is 17.2 Å². The highest BCUT2D eigenvalue weighted by Crippen LogP contribution is 2.29. The lowest BCUT2D eigenvalue weighted by Gasteiger charge is -2.24. The Balaban J connectivity index is 1.06. The summed E-state index contributed by atoms with van der Waals surface area (Å²) in [6.45, 7) is 2.12. The molecule has 4 N–H and O–H groups in total. The summed E-state index contributed by atoms with van der Waals surface area (Å²) in [6, 6.07) is 29.5. The van der Waals surface area contributed by atoms with Gasteiger partial charge in [0, 0.05) is 36.7 Å². The number of ether oxygens (including phenoxy) is 2. The van der Waals surface area contributed by atoms with Crippen LogP contribution in [0.25, 0.3) is 16.5 Å². The highest BCUT2D eigenvalue weighted by atomic mass is 16.5. The second-order valence-electron chi connectivity index (χ2n) is 12.6. The molecule has 0 aliphatic heterocycles. The third-order valence-corrected chi connectivity index (χ3v) is 9.03. The fourth-order valence-corrected chi connectivity index (χ4v) is 6.22. The van der Waals surface area contributed by atoms with Crippen molar-refractivity contribution in [3.05, 3.63) is 153 Å². The van der Waals surface area contributed by atoms with Crippen LogP contribution in [-0.2, 0) is 13.2 Å². The molecule has 5 aromatic rings. The maximum absolute atomic E-state index is 13.8. The second-order valence-corrected chi connectivity index (χ2v) is 12.6. The number of hydrogen-bond acceptors (Lipinski definition) is 7. The summed E-state index contributed by atoms with van der Waals surface area (Å²) in [5, 5.41) is 25.0. The lowest BCUT2D eigenvalue weighted by Crippen LogP contribution is -2.33. The van der Waals surface area contributed by atoms with Crippen LogP contribution in [0.2, 0.25) is 0 Å². The highest BCUT2D eigenvalue weighted by molar-refractivity contribution is 5.94.